The Labute approximate surface area is 258 Å². The van der Waals surface area contributed by atoms with Crippen molar-refractivity contribution in [1.82, 2.24) is 10.2 Å². The minimum atomic E-state index is 0. The van der Waals surface area contributed by atoms with Crippen LogP contribution in [0.3, 0.4) is 0 Å². The zero-order valence-corrected chi connectivity index (χ0v) is 27.4. The number of aryl methyl sites for hydroxylation is 1. The molecular formula is C37H60N2OS. The lowest BCUT2D eigenvalue weighted by Crippen LogP contribution is -2.52. The van der Waals surface area contributed by atoms with Gasteiger partial charge in [-0.1, -0.05) is 76.1 Å². The number of thioether (sulfide) groups is 1. The maximum Gasteiger partial charge on any atom is 0.139 e. The van der Waals surface area contributed by atoms with Crippen LogP contribution in [-0.4, -0.2) is 29.3 Å². The van der Waals surface area contributed by atoms with Crippen LogP contribution < -0.4 is 10.1 Å². The summed E-state index contributed by atoms with van der Waals surface area (Å²) in [4.78, 5) is 2.42. The number of unbranched alkanes of at least 4 members (excludes halogenated alkanes) is 2. The second-order valence-corrected chi connectivity index (χ2v) is 12.8. The van der Waals surface area contributed by atoms with Gasteiger partial charge in [-0.15, -0.1) is 24.9 Å². The Morgan fingerprint density at radius 3 is 2.54 bits per heavy atom. The first-order valence-corrected chi connectivity index (χ1v) is 16.3. The maximum atomic E-state index is 6.40. The number of benzene rings is 1. The van der Waals surface area contributed by atoms with E-state index >= 15 is 0 Å². The molecule has 0 amide bonds. The molecule has 0 saturated carbocycles. The average molecular weight is 581 g/mol. The van der Waals surface area contributed by atoms with Crippen molar-refractivity contribution >= 4 is 11.8 Å². The fraction of sp³-hybridized carbons (Fsp3) is 0.568. The molecule has 1 saturated heterocycles. The Morgan fingerprint density at radius 2 is 1.90 bits per heavy atom. The van der Waals surface area contributed by atoms with Crippen molar-refractivity contribution in [1.29, 1.82) is 0 Å². The molecule has 1 aromatic carbocycles. The van der Waals surface area contributed by atoms with Crippen LogP contribution in [0.4, 0.5) is 0 Å². The Kier molecular flexibility index (Phi) is 17.2. The Morgan fingerprint density at radius 1 is 1.22 bits per heavy atom. The number of hydrogen-bond donors (Lipinski definition) is 1. The third kappa shape index (κ3) is 11.2. The number of rotatable bonds is 10. The van der Waals surface area contributed by atoms with E-state index in [4.69, 9.17) is 4.74 Å². The summed E-state index contributed by atoms with van der Waals surface area (Å²) in [6, 6.07) is 6.97. The molecule has 3 unspecified atom stereocenters. The maximum absolute atomic E-state index is 6.40. The summed E-state index contributed by atoms with van der Waals surface area (Å²) >= 11 is 2.04. The van der Waals surface area contributed by atoms with E-state index in [1.54, 1.807) is 6.08 Å². The molecule has 0 bridgehead atoms. The van der Waals surface area contributed by atoms with Gasteiger partial charge in [-0.2, -0.15) is 0 Å². The van der Waals surface area contributed by atoms with Gasteiger partial charge in [0.05, 0.1) is 5.37 Å². The minimum absolute atomic E-state index is 0. The molecule has 2 heterocycles. The number of ether oxygens (including phenoxy) is 1. The van der Waals surface area contributed by atoms with E-state index in [0.717, 1.165) is 24.5 Å². The van der Waals surface area contributed by atoms with E-state index in [2.05, 4.69) is 81.9 Å². The van der Waals surface area contributed by atoms with Crippen molar-refractivity contribution in [3.8, 4) is 5.75 Å². The first-order chi connectivity index (χ1) is 19.1. The molecule has 41 heavy (non-hydrogen) atoms. The summed E-state index contributed by atoms with van der Waals surface area (Å²) in [6.07, 6.45) is 12.9. The number of nitrogens with one attached hydrogen (secondary N) is 1. The van der Waals surface area contributed by atoms with Gasteiger partial charge in [-0.05, 0) is 83.9 Å². The largest absolute Gasteiger partial charge is 0.478 e. The Bertz CT molecular complexity index is 1050. The Balaban J connectivity index is 0.000000950. The summed E-state index contributed by atoms with van der Waals surface area (Å²) in [7, 11) is 0. The van der Waals surface area contributed by atoms with E-state index in [-0.39, 0.29) is 7.43 Å². The quantitative estimate of drug-likeness (QED) is 0.169. The van der Waals surface area contributed by atoms with Crippen LogP contribution in [0.5, 0.6) is 5.75 Å². The van der Waals surface area contributed by atoms with Crippen molar-refractivity contribution in [2.24, 2.45) is 5.92 Å². The molecule has 4 heteroatoms. The Hall–Kier alpha value is -2.17. The van der Waals surface area contributed by atoms with Crippen LogP contribution in [0.15, 0.2) is 78.2 Å². The summed E-state index contributed by atoms with van der Waals surface area (Å²) in [5.41, 5.74) is 9.55. The first-order valence-electron chi connectivity index (χ1n) is 15.3. The fourth-order valence-electron chi connectivity index (χ4n) is 5.39. The van der Waals surface area contributed by atoms with Gasteiger partial charge in [0.2, 0.25) is 0 Å². The SMILES string of the molecule is C.C=C(C)C.C=C1C(C)C2SCC(CNCOc3cc(CCCCC)ccc3C3C=C(C)CCC3)=C(C)N12.C=CC. The molecule has 0 aromatic heterocycles. The van der Waals surface area contributed by atoms with Crippen molar-refractivity contribution in [3.63, 3.8) is 0 Å². The topological polar surface area (TPSA) is 24.5 Å². The van der Waals surface area contributed by atoms with E-state index in [1.807, 2.05) is 32.5 Å². The van der Waals surface area contributed by atoms with E-state index in [0.29, 0.717) is 23.9 Å². The predicted octanol–water partition coefficient (Wildman–Crippen LogP) is 10.8. The molecule has 1 fully saturated rings. The van der Waals surface area contributed by atoms with Gasteiger partial charge < -0.3 is 9.64 Å². The van der Waals surface area contributed by atoms with Crippen LogP contribution in [-0.2, 0) is 6.42 Å². The van der Waals surface area contributed by atoms with E-state index in [1.165, 1.54) is 77.8 Å². The first kappa shape index (κ1) is 36.9. The number of fused-ring (bicyclic) bond motifs is 1. The highest BCUT2D eigenvalue weighted by Gasteiger charge is 2.43. The highest BCUT2D eigenvalue weighted by Crippen LogP contribution is 2.48. The van der Waals surface area contributed by atoms with Crippen molar-refractivity contribution in [2.75, 3.05) is 19.0 Å². The lowest BCUT2D eigenvalue weighted by molar-refractivity contribution is 0.205. The standard InChI is InChI=1S/C29H42N2OS.C4H8.C3H6.CH4/c1-6-7-8-11-24-13-14-27(25-12-9-10-20(2)15-25)28(16-24)32-19-30-17-26-18-33-29-21(3)22(4)31(29)23(26)5;1-4(2)3;1-3-2;/h13-16,21,25,29-30H,4,6-12,17-19H2,1-3,5H3;1H2,2-3H3;3H,1H2,2H3;1H4. The third-order valence-corrected chi connectivity index (χ3v) is 9.08. The zero-order chi connectivity index (χ0) is 29.7. The van der Waals surface area contributed by atoms with Gasteiger partial charge in [0, 0.05) is 41.1 Å². The summed E-state index contributed by atoms with van der Waals surface area (Å²) in [6.45, 7) is 27.5. The molecule has 1 aromatic rings. The second kappa shape index (κ2) is 19.1. The molecule has 230 valence electrons. The molecule has 1 N–H and O–H groups in total. The molecular weight excluding hydrogens is 520 g/mol. The van der Waals surface area contributed by atoms with E-state index < -0.39 is 0 Å². The number of allylic oxidation sites excluding steroid dienone is 5. The molecule has 3 nitrogen and oxygen atoms in total. The van der Waals surface area contributed by atoms with Crippen LogP contribution in [0.1, 0.15) is 111 Å². The average Bonchev–Trinajstić information content (AvgIpc) is 2.91. The molecule has 3 aliphatic rings. The van der Waals surface area contributed by atoms with Crippen molar-refractivity contribution in [3.05, 3.63) is 89.3 Å². The monoisotopic (exact) mass is 580 g/mol. The van der Waals surface area contributed by atoms with Gasteiger partial charge in [-0.25, -0.2) is 0 Å². The lowest BCUT2D eigenvalue weighted by atomic mass is 9.85. The molecule has 0 spiro atoms. The van der Waals surface area contributed by atoms with Gasteiger partial charge in [0.25, 0.3) is 0 Å². The molecule has 0 radical (unpaired) electrons. The smallest absolute Gasteiger partial charge is 0.139 e. The second-order valence-electron chi connectivity index (χ2n) is 11.7. The van der Waals surface area contributed by atoms with Crippen LogP contribution >= 0.6 is 11.8 Å². The van der Waals surface area contributed by atoms with Crippen molar-refractivity contribution in [2.45, 2.75) is 112 Å². The van der Waals surface area contributed by atoms with Crippen LogP contribution in [0, 0.1) is 5.92 Å². The highest BCUT2D eigenvalue weighted by molar-refractivity contribution is 8.00. The van der Waals surface area contributed by atoms with Crippen molar-refractivity contribution < 1.29 is 4.74 Å². The summed E-state index contributed by atoms with van der Waals surface area (Å²) in [5, 5.41) is 4.15. The van der Waals surface area contributed by atoms with E-state index in [9.17, 15) is 0 Å². The van der Waals surface area contributed by atoms with Gasteiger partial charge in [0.15, 0.2) is 0 Å². The number of hydrogen-bond acceptors (Lipinski definition) is 4. The van der Waals surface area contributed by atoms with Gasteiger partial charge in [0.1, 0.15) is 12.5 Å². The minimum Gasteiger partial charge on any atom is -0.478 e. The van der Waals surface area contributed by atoms with Crippen LogP contribution in [0.2, 0.25) is 0 Å². The normalized spacial score (nSPS) is 21.0. The van der Waals surface area contributed by atoms with Crippen LogP contribution in [0.25, 0.3) is 0 Å². The lowest BCUT2D eigenvalue weighted by Gasteiger charge is -2.53. The third-order valence-electron chi connectivity index (χ3n) is 7.61. The highest BCUT2D eigenvalue weighted by atomic mass is 32.2. The van der Waals surface area contributed by atoms with Gasteiger partial charge in [-0.3, -0.25) is 5.32 Å². The van der Waals surface area contributed by atoms with Gasteiger partial charge >= 0.3 is 0 Å². The summed E-state index contributed by atoms with van der Waals surface area (Å²) in [5.74, 6) is 3.25. The number of nitrogens with zero attached hydrogens (tertiary/aromatic N) is 1. The predicted molar refractivity (Wildman–Crippen MR) is 186 cm³/mol. The molecule has 1 aliphatic carbocycles. The molecule has 2 aliphatic heterocycles. The molecule has 4 rings (SSSR count). The summed E-state index contributed by atoms with van der Waals surface area (Å²) < 4.78 is 6.40. The fourth-order valence-corrected chi connectivity index (χ4v) is 6.96. The molecule has 3 atom stereocenters. The zero-order valence-electron chi connectivity index (χ0n) is 26.6.